The molecule has 1 heterocycles. The van der Waals surface area contributed by atoms with Gasteiger partial charge in [-0.2, -0.15) is 0 Å². The molecule has 5 amide bonds. The third-order valence-electron chi connectivity index (χ3n) is 6.70. The van der Waals surface area contributed by atoms with Crippen LogP contribution in [-0.4, -0.2) is 53.2 Å². The van der Waals surface area contributed by atoms with Crippen LogP contribution in [0.3, 0.4) is 0 Å². The summed E-state index contributed by atoms with van der Waals surface area (Å²) in [5.74, 6) is -2.62. The van der Waals surface area contributed by atoms with E-state index in [1.807, 2.05) is 6.92 Å². The maximum absolute atomic E-state index is 13.3. The standard InChI is InChI=1S/C20H31N5O4/c1-3-4-10-24-17(27)13(15(21)22)18(28)25(19(24)29)14-12(16(26)23-2)11-20(14)8-6-5-7-9-20/h12,14H,3-11,21-22H2,1-2H3,(H,23,26). The number of urea groups is 1. The molecule has 9 nitrogen and oxygen atoms in total. The van der Waals surface area contributed by atoms with Gasteiger partial charge in [0.2, 0.25) is 5.91 Å². The average Bonchev–Trinajstić information content (AvgIpc) is 2.69. The van der Waals surface area contributed by atoms with Crippen molar-refractivity contribution in [1.29, 1.82) is 0 Å². The van der Waals surface area contributed by atoms with Crippen molar-refractivity contribution in [1.82, 2.24) is 15.1 Å². The quantitative estimate of drug-likeness (QED) is 0.456. The van der Waals surface area contributed by atoms with Gasteiger partial charge in [0.05, 0.1) is 12.0 Å². The van der Waals surface area contributed by atoms with E-state index in [9.17, 15) is 19.2 Å². The zero-order valence-electron chi connectivity index (χ0n) is 17.2. The van der Waals surface area contributed by atoms with E-state index in [4.69, 9.17) is 11.5 Å². The van der Waals surface area contributed by atoms with E-state index in [1.165, 1.54) is 0 Å². The van der Waals surface area contributed by atoms with Gasteiger partial charge in [-0.05, 0) is 31.1 Å². The Morgan fingerprint density at radius 2 is 1.79 bits per heavy atom. The molecule has 3 aliphatic rings. The lowest BCUT2D eigenvalue weighted by molar-refractivity contribution is -0.158. The predicted octanol–water partition coefficient (Wildman–Crippen LogP) is 0.791. The van der Waals surface area contributed by atoms with Crippen LogP contribution < -0.4 is 16.8 Å². The summed E-state index contributed by atoms with van der Waals surface area (Å²) in [4.78, 5) is 54.0. The van der Waals surface area contributed by atoms with Gasteiger partial charge >= 0.3 is 6.03 Å². The third kappa shape index (κ3) is 3.36. The molecule has 9 heteroatoms. The second-order valence-electron chi connectivity index (χ2n) is 8.39. The van der Waals surface area contributed by atoms with Crippen molar-refractivity contribution < 1.29 is 19.2 Å². The van der Waals surface area contributed by atoms with Crippen LogP contribution in [0.4, 0.5) is 4.79 Å². The van der Waals surface area contributed by atoms with Crippen molar-refractivity contribution in [3.8, 4) is 0 Å². The first-order chi connectivity index (χ1) is 13.8. The molecule has 2 aliphatic carbocycles. The summed E-state index contributed by atoms with van der Waals surface area (Å²) < 4.78 is 0. The van der Waals surface area contributed by atoms with E-state index in [0.717, 1.165) is 48.3 Å². The number of carbonyl (C=O) groups excluding carboxylic acids is 4. The van der Waals surface area contributed by atoms with Crippen molar-refractivity contribution in [3.63, 3.8) is 0 Å². The molecule has 5 N–H and O–H groups in total. The van der Waals surface area contributed by atoms with Crippen LogP contribution in [-0.2, 0) is 14.4 Å². The van der Waals surface area contributed by atoms with Crippen molar-refractivity contribution in [2.24, 2.45) is 22.8 Å². The molecule has 0 aromatic carbocycles. The van der Waals surface area contributed by atoms with E-state index in [1.54, 1.807) is 7.05 Å². The summed E-state index contributed by atoms with van der Waals surface area (Å²) in [6, 6.07) is -1.25. The number of barbiturate groups is 1. The maximum atomic E-state index is 13.3. The summed E-state index contributed by atoms with van der Waals surface area (Å²) in [5.41, 5.74) is 10.7. The van der Waals surface area contributed by atoms with Crippen molar-refractivity contribution in [2.75, 3.05) is 13.6 Å². The number of nitrogens with two attached hydrogens (primary N) is 2. The van der Waals surface area contributed by atoms with E-state index < -0.39 is 35.6 Å². The van der Waals surface area contributed by atoms with Crippen LogP contribution in [0.5, 0.6) is 0 Å². The van der Waals surface area contributed by atoms with Crippen molar-refractivity contribution >= 4 is 23.8 Å². The van der Waals surface area contributed by atoms with Gasteiger partial charge in [0.1, 0.15) is 11.4 Å². The fraction of sp³-hybridized carbons (Fsp3) is 0.700. The highest BCUT2D eigenvalue weighted by Gasteiger charge is 2.63. The fourth-order valence-electron chi connectivity index (χ4n) is 5.22. The lowest BCUT2D eigenvalue weighted by Crippen LogP contribution is -2.71. The molecule has 1 aliphatic heterocycles. The van der Waals surface area contributed by atoms with Crippen LogP contribution in [0.25, 0.3) is 0 Å². The highest BCUT2D eigenvalue weighted by atomic mass is 16.2. The zero-order chi connectivity index (χ0) is 21.3. The highest BCUT2D eigenvalue weighted by Crippen LogP contribution is 2.57. The number of nitrogens with one attached hydrogen (secondary N) is 1. The predicted molar refractivity (Wildman–Crippen MR) is 106 cm³/mol. The van der Waals surface area contributed by atoms with Gasteiger partial charge in [-0.25, -0.2) is 4.79 Å². The molecule has 0 bridgehead atoms. The fourth-order valence-corrected chi connectivity index (χ4v) is 5.22. The highest BCUT2D eigenvalue weighted by molar-refractivity contribution is 6.29. The normalized spacial score (nSPS) is 26.6. The Labute approximate surface area is 170 Å². The van der Waals surface area contributed by atoms with Crippen LogP contribution in [0, 0.1) is 11.3 Å². The molecule has 1 saturated heterocycles. The second-order valence-corrected chi connectivity index (χ2v) is 8.39. The third-order valence-corrected chi connectivity index (χ3v) is 6.70. The number of rotatable bonds is 5. The topological polar surface area (TPSA) is 139 Å². The van der Waals surface area contributed by atoms with Gasteiger partial charge in [0.25, 0.3) is 11.8 Å². The molecule has 2 unspecified atom stereocenters. The Kier molecular flexibility index (Phi) is 5.86. The molecule has 2 saturated carbocycles. The lowest BCUT2D eigenvalue weighted by Gasteiger charge is -2.60. The number of nitrogens with zero attached hydrogens (tertiary/aromatic N) is 2. The zero-order valence-corrected chi connectivity index (χ0v) is 17.2. The first-order valence-electron chi connectivity index (χ1n) is 10.4. The van der Waals surface area contributed by atoms with E-state index in [0.29, 0.717) is 12.8 Å². The number of hydrogen-bond donors (Lipinski definition) is 3. The van der Waals surface area contributed by atoms with Gasteiger partial charge < -0.3 is 16.8 Å². The summed E-state index contributed by atoms with van der Waals surface area (Å²) in [5, 5.41) is 2.65. The molecule has 3 rings (SSSR count). The van der Waals surface area contributed by atoms with Gasteiger partial charge in [-0.3, -0.25) is 24.2 Å². The minimum Gasteiger partial charge on any atom is -0.385 e. The van der Waals surface area contributed by atoms with Crippen LogP contribution >= 0.6 is 0 Å². The Balaban J connectivity index is 2.04. The maximum Gasteiger partial charge on any atom is 0.334 e. The summed E-state index contributed by atoms with van der Waals surface area (Å²) in [6.07, 6.45) is 6.80. The van der Waals surface area contributed by atoms with Crippen LogP contribution in [0.15, 0.2) is 11.4 Å². The molecule has 1 spiro atoms. The lowest BCUT2D eigenvalue weighted by atomic mass is 9.51. The van der Waals surface area contributed by atoms with E-state index in [-0.39, 0.29) is 23.4 Å². The van der Waals surface area contributed by atoms with E-state index in [2.05, 4.69) is 5.32 Å². The molecular formula is C20H31N5O4. The Bertz CT molecular complexity index is 752. The number of carbonyl (C=O) groups is 4. The number of hydrogen-bond acceptors (Lipinski definition) is 6. The summed E-state index contributed by atoms with van der Waals surface area (Å²) in [6.45, 7) is 2.12. The van der Waals surface area contributed by atoms with Gasteiger partial charge in [-0.15, -0.1) is 0 Å². The minimum atomic E-state index is -0.781. The second kappa shape index (κ2) is 8.04. The number of unbranched alkanes of at least 4 members (excludes halogenated alkanes) is 1. The first kappa shape index (κ1) is 21.1. The Morgan fingerprint density at radius 3 is 2.34 bits per heavy atom. The molecule has 160 valence electrons. The average molecular weight is 405 g/mol. The molecule has 3 fully saturated rings. The molecule has 0 radical (unpaired) electrons. The molecule has 2 atom stereocenters. The van der Waals surface area contributed by atoms with Crippen LogP contribution in [0.1, 0.15) is 58.3 Å². The van der Waals surface area contributed by atoms with Gasteiger partial charge in [0, 0.05) is 13.6 Å². The Morgan fingerprint density at radius 1 is 1.14 bits per heavy atom. The summed E-state index contributed by atoms with van der Waals surface area (Å²) >= 11 is 0. The van der Waals surface area contributed by atoms with Gasteiger partial charge in [0.15, 0.2) is 0 Å². The molecule has 29 heavy (non-hydrogen) atoms. The number of imide groups is 2. The number of amides is 5. The van der Waals surface area contributed by atoms with Gasteiger partial charge in [-0.1, -0.05) is 32.6 Å². The largest absolute Gasteiger partial charge is 0.385 e. The smallest absolute Gasteiger partial charge is 0.334 e. The summed E-state index contributed by atoms with van der Waals surface area (Å²) in [7, 11) is 1.55. The van der Waals surface area contributed by atoms with Crippen LogP contribution in [0.2, 0.25) is 0 Å². The van der Waals surface area contributed by atoms with Crippen molar-refractivity contribution in [2.45, 2.75) is 64.3 Å². The molecule has 0 aromatic rings. The van der Waals surface area contributed by atoms with E-state index >= 15 is 0 Å². The minimum absolute atomic E-state index is 0.180. The molecule has 0 aromatic heterocycles. The first-order valence-corrected chi connectivity index (χ1v) is 10.4. The van der Waals surface area contributed by atoms with Crippen molar-refractivity contribution in [3.05, 3.63) is 11.4 Å². The Hall–Kier alpha value is -2.58. The monoisotopic (exact) mass is 405 g/mol. The molecular weight excluding hydrogens is 374 g/mol. The SMILES string of the molecule is CCCCN1C(=O)C(=C(N)N)C(=O)N(C2C(C(=O)NC)CC23CCCCC3)C1=O.